The van der Waals surface area contributed by atoms with Crippen molar-refractivity contribution < 1.29 is 14.4 Å². The van der Waals surface area contributed by atoms with Gasteiger partial charge in [0.2, 0.25) is 5.91 Å². The van der Waals surface area contributed by atoms with Gasteiger partial charge in [-0.05, 0) is 31.0 Å². The zero-order chi connectivity index (χ0) is 19.7. The van der Waals surface area contributed by atoms with Gasteiger partial charge in [0.05, 0.1) is 6.54 Å². The molecule has 0 bridgehead atoms. The number of hydrogen-bond acceptors (Lipinski definition) is 6. The third kappa shape index (κ3) is 3.24. The van der Waals surface area contributed by atoms with Crippen LogP contribution in [0.1, 0.15) is 12.8 Å². The van der Waals surface area contributed by atoms with Crippen LogP contribution in [0.3, 0.4) is 0 Å². The normalized spacial score (nSPS) is 16.5. The summed E-state index contributed by atoms with van der Waals surface area (Å²) in [6, 6.07) is 7.36. The first-order chi connectivity index (χ1) is 13.5. The van der Waals surface area contributed by atoms with Gasteiger partial charge in [-0.1, -0.05) is 6.07 Å². The molecule has 2 aromatic heterocycles. The Morgan fingerprint density at radius 1 is 1.14 bits per heavy atom. The smallest absolute Gasteiger partial charge is 0.277 e. The summed E-state index contributed by atoms with van der Waals surface area (Å²) in [5, 5.41) is 2.75. The summed E-state index contributed by atoms with van der Waals surface area (Å²) in [5.41, 5.74) is 2.70. The summed E-state index contributed by atoms with van der Waals surface area (Å²) in [7, 11) is 1.47. The molecule has 1 N–H and O–H groups in total. The number of pyridine rings is 2. The number of carbonyl (C=O) groups excluding carboxylic acids is 3. The second-order valence-electron chi connectivity index (χ2n) is 6.74. The summed E-state index contributed by atoms with van der Waals surface area (Å²) >= 11 is 0. The Hall–Kier alpha value is -3.55. The largest absolute Gasteiger partial charge is 0.357 e. The topological polar surface area (TPSA) is 95.5 Å². The SMILES string of the molecule is CN1C(=O)C2=C(C1=O)N(CC(=O)Nc1ccc(-c3cccnc3)cn1)CCC2. The highest BCUT2D eigenvalue weighted by molar-refractivity contribution is 6.19. The fraction of sp³-hybridized carbons (Fsp3) is 0.250. The molecule has 142 valence electrons. The van der Waals surface area contributed by atoms with Crippen molar-refractivity contribution in [1.29, 1.82) is 0 Å². The van der Waals surface area contributed by atoms with Gasteiger partial charge in [-0.15, -0.1) is 0 Å². The Bertz CT molecular complexity index is 969. The quantitative estimate of drug-likeness (QED) is 0.810. The molecular weight excluding hydrogens is 358 g/mol. The highest BCUT2D eigenvalue weighted by Crippen LogP contribution is 2.30. The molecule has 0 aliphatic carbocycles. The van der Waals surface area contributed by atoms with E-state index in [1.54, 1.807) is 29.6 Å². The van der Waals surface area contributed by atoms with Gasteiger partial charge in [-0.2, -0.15) is 0 Å². The Labute approximate surface area is 161 Å². The molecule has 2 aromatic rings. The molecule has 4 heterocycles. The van der Waals surface area contributed by atoms with Crippen molar-refractivity contribution >= 4 is 23.5 Å². The van der Waals surface area contributed by atoms with Crippen LogP contribution < -0.4 is 5.32 Å². The number of nitrogens with zero attached hydrogens (tertiary/aromatic N) is 4. The van der Waals surface area contributed by atoms with E-state index < -0.39 is 0 Å². The van der Waals surface area contributed by atoms with Crippen molar-refractivity contribution in [3.05, 3.63) is 54.1 Å². The van der Waals surface area contributed by atoms with Gasteiger partial charge in [0, 0.05) is 48.9 Å². The maximum absolute atomic E-state index is 12.5. The van der Waals surface area contributed by atoms with Crippen LogP contribution in [0.25, 0.3) is 11.1 Å². The number of carbonyl (C=O) groups is 3. The third-order valence-electron chi connectivity index (χ3n) is 4.89. The lowest BCUT2D eigenvalue weighted by molar-refractivity contribution is -0.136. The minimum Gasteiger partial charge on any atom is -0.357 e. The number of hydrogen-bond donors (Lipinski definition) is 1. The van der Waals surface area contributed by atoms with Crippen molar-refractivity contribution in [2.75, 3.05) is 25.5 Å². The summed E-state index contributed by atoms with van der Waals surface area (Å²) in [6.07, 6.45) is 6.42. The average molecular weight is 377 g/mol. The van der Waals surface area contributed by atoms with Crippen molar-refractivity contribution in [3.63, 3.8) is 0 Å². The number of anilines is 1. The number of likely N-dealkylation sites (N-methyl/N-ethyl adjacent to an activating group) is 1. The Balaban J connectivity index is 1.43. The highest BCUT2D eigenvalue weighted by atomic mass is 16.2. The van der Waals surface area contributed by atoms with Crippen LogP contribution in [0.4, 0.5) is 5.82 Å². The van der Waals surface area contributed by atoms with E-state index in [0.29, 0.717) is 30.1 Å². The Morgan fingerprint density at radius 3 is 2.68 bits per heavy atom. The molecule has 0 aromatic carbocycles. The molecule has 0 saturated carbocycles. The molecule has 0 atom stereocenters. The fourth-order valence-electron chi connectivity index (χ4n) is 3.48. The molecule has 0 radical (unpaired) electrons. The van der Waals surface area contributed by atoms with Crippen LogP contribution in [0.2, 0.25) is 0 Å². The lowest BCUT2D eigenvalue weighted by atomic mass is 10.0. The van der Waals surface area contributed by atoms with E-state index in [2.05, 4.69) is 15.3 Å². The number of aromatic nitrogens is 2. The first-order valence-corrected chi connectivity index (χ1v) is 9.01. The van der Waals surface area contributed by atoms with E-state index in [1.165, 1.54) is 7.05 Å². The number of imide groups is 1. The molecule has 0 spiro atoms. The van der Waals surface area contributed by atoms with Gasteiger partial charge in [0.25, 0.3) is 11.8 Å². The zero-order valence-electron chi connectivity index (χ0n) is 15.4. The van der Waals surface area contributed by atoms with E-state index in [1.807, 2.05) is 18.2 Å². The predicted molar refractivity (Wildman–Crippen MR) is 102 cm³/mol. The maximum atomic E-state index is 12.5. The molecule has 2 aliphatic rings. The minimum atomic E-state index is -0.341. The van der Waals surface area contributed by atoms with Gasteiger partial charge in [-0.3, -0.25) is 24.3 Å². The Morgan fingerprint density at radius 2 is 1.96 bits per heavy atom. The number of rotatable bonds is 4. The second-order valence-corrected chi connectivity index (χ2v) is 6.74. The molecule has 28 heavy (non-hydrogen) atoms. The summed E-state index contributed by atoms with van der Waals surface area (Å²) < 4.78 is 0. The molecule has 8 heteroatoms. The van der Waals surface area contributed by atoms with Crippen LogP contribution in [0, 0.1) is 0 Å². The molecule has 0 saturated heterocycles. The monoisotopic (exact) mass is 377 g/mol. The first kappa shape index (κ1) is 17.8. The highest BCUT2D eigenvalue weighted by Gasteiger charge is 2.40. The van der Waals surface area contributed by atoms with Gasteiger partial charge in [0.1, 0.15) is 11.5 Å². The number of nitrogens with one attached hydrogen (secondary N) is 1. The molecule has 3 amide bonds. The van der Waals surface area contributed by atoms with Crippen LogP contribution >= 0.6 is 0 Å². The molecular formula is C20H19N5O3. The van der Waals surface area contributed by atoms with Gasteiger partial charge in [-0.25, -0.2) is 4.98 Å². The fourth-order valence-corrected chi connectivity index (χ4v) is 3.48. The van der Waals surface area contributed by atoms with Gasteiger partial charge >= 0.3 is 0 Å². The van der Waals surface area contributed by atoms with Crippen LogP contribution in [-0.4, -0.2) is 57.6 Å². The Kier molecular flexibility index (Phi) is 4.60. The van der Waals surface area contributed by atoms with Crippen LogP contribution in [0.15, 0.2) is 54.1 Å². The molecule has 8 nitrogen and oxygen atoms in total. The lowest BCUT2D eigenvalue weighted by Crippen LogP contribution is -2.38. The standard InChI is InChI=1S/C20H19N5O3/c1-24-19(27)15-5-3-9-25(18(15)20(24)28)12-17(26)23-16-7-6-14(11-22-16)13-4-2-8-21-10-13/h2,4,6-8,10-11H,3,5,9,12H2,1H3,(H,22,23,26). The van der Waals surface area contributed by atoms with E-state index >= 15 is 0 Å². The summed E-state index contributed by atoms with van der Waals surface area (Å²) in [6.45, 7) is 0.560. The average Bonchev–Trinajstić information content (AvgIpc) is 2.94. The van der Waals surface area contributed by atoms with Crippen molar-refractivity contribution in [1.82, 2.24) is 19.8 Å². The van der Waals surface area contributed by atoms with Crippen molar-refractivity contribution in [2.24, 2.45) is 0 Å². The molecule has 0 unspecified atom stereocenters. The minimum absolute atomic E-state index is 0.00225. The van der Waals surface area contributed by atoms with Crippen LogP contribution in [0.5, 0.6) is 0 Å². The number of amides is 3. The van der Waals surface area contributed by atoms with E-state index in [4.69, 9.17) is 0 Å². The van der Waals surface area contributed by atoms with Crippen molar-refractivity contribution in [3.8, 4) is 11.1 Å². The van der Waals surface area contributed by atoms with E-state index in [-0.39, 0.29) is 24.3 Å². The second kappa shape index (κ2) is 7.22. The van der Waals surface area contributed by atoms with E-state index in [9.17, 15) is 14.4 Å². The third-order valence-corrected chi connectivity index (χ3v) is 4.89. The predicted octanol–water partition coefficient (Wildman–Crippen LogP) is 1.43. The zero-order valence-corrected chi connectivity index (χ0v) is 15.4. The lowest BCUT2D eigenvalue weighted by Gasteiger charge is -2.28. The summed E-state index contributed by atoms with van der Waals surface area (Å²) in [5.74, 6) is -0.468. The summed E-state index contributed by atoms with van der Waals surface area (Å²) in [4.78, 5) is 48.1. The maximum Gasteiger partial charge on any atom is 0.277 e. The van der Waals surface area contributed by atoms with E-state index in [0.717, 1.165) is 22.4 Å². The van der Waals surface area contributed by atoms with Crippen LogP contribution in [-0.2, 0) is 14.4 Å². The molecule has 4 rings (SSSR count). The molecule has 2 aliphatic heterocycles. The van der Waals surface area contributed by atoms with Gasteiger partial charge < -0.3 is 10.2 Å². The van der Waals surface area contributed by atoms with Gasteiger partial charge in [0.15, 0.2) is 0 Å². The van der Waals surface area contributed by atoms with Crippen molar-refractivity contribution in [2.45, 2.75) is 12.8 Å². The first-order valence-electron chi connectivity index (χ1n) is 9.01. The molecule has 0 fully saturated rings.